The molecule has 0 radical (unpaired) electrons. The first kappa shape index (κ1) is 14.6. The first-order valence-electron chi connectivity index (χ1n) is 6.47. The average Bonchev–Trinajstić information content (AvgIpc) is 2.80. The predicted octanol–water partition coefficient (Wildman–Crippen LogP) is 2.50. The van der Waals surface area contributed by atoms with Gasteiger partial charge in [-0.05, 0) is 31.2 Å². The van der Waals surface area contributed by atoms with E-state index in [4.69, 9.17) is 4.74 Å². The Balaban J connectivity index is 1.95. The Labute approximate surface area is 123 Å². The molecule has 110 valence electrons. The van der Waals surface area contributed by atoms with Crippen LogP contribution in [0.2, 0.25) is 0 Å². The molecule has 0 saturated carbocycles. The van der Waals surface area contributed by atoms with Crippen LogP contribution in [0.15, 0.2) is 41.5 Å². The third-order valence-electron chi connectivity index (χ3n) is 3.13. The number of amides is 2. The van der Waals surface area contributed by atoms with Gasteiger partial charge in [-0.3, -0.25) is 0 Å². The largest absolute Gasteiger partial charge is 0.495 e. The molecular weight excluding hydrogens is 268 g/mol. The summed E-state index contributed by atoms with van der Waals surface area (Å²) >= 11 is 0. The number of rotatable bonds is 4. The molecule has 2 rings (SSSR count). The quantitative estimate of drug-likeness (QED) is 0.670. The van der Waals surface area contributed by atoms with Crippen LogP contribution in [-0.4, -0.2) is 23.9 Å². The van der Waals surface area contributed by atoms with E-state index in [1.54, 1.807) is 25.5 Å². The molecule has 6 heteroatoms. The first-order valence-corrected chi connectivity index (χ1v) is 6.47. The number of nitrogens with zero attached hydrogens (tertiary/aromatic N) is 2. The summed E-state index contributed by atoms with van der Waals surface area (Å²) in [6.45, 7) is 2.00. The van der Waals surface area contributed by atoms with Crippen molar-refractivity contribution < 1.29 is 9.53 Å². The van der Waals surface area contributed by atoms with Crippen LogP contribution in [0.5, 0.6) is 5.75 Å². The van der Waals surface area contributed by atoms with Crippen LogP contribution < -0.4 is 15.5 Å². The molecule has 0 unspecified atom stereocenters. The lowest BCUT2D eigenvalue weighted by Gasteiger charge is -2.08. The van der Waals surface area contributed by atoms with Gasteiger partial charge in [-0.15, -0.1) is 0 Å². The molecule has 2 N–H and O–H groups in total. The van der Waals surface area contributed by atoms with Gasteiger partial charge in [-0.1, -0.05) is 12.1 Å². The van der Waals surface area contributed by atoms with E-state index in [9.17, 15) is 4.79 Å². The van der Waals surface area contributed by atoms with E-state index in [1.165, 1.54) is 0 Å². The molecular formula is C15H18N4O2. The maximum atomic E-state index is 11.8. The van der Waals surface area contributed by atoms with Crippen molar-refractivity contribution in [1.82, 2.24) is 9.99 Å². The number of aromatic nitrogens is 1. The molecule has 1 heterocycles. The smallest absolute Gasteiger partial charge is 0.339 e. The molecule has 1 aromatic heterocycles. The normalized spacial score (nSPS) is 10.6. The van der Waals surface area contributed by atoms with Crippen molar-refractivity contribution in [3.8, 4) is 5.75 Å². The van der Waals surface area contributed by atoms with Gasteiger partial charge < -0.3 is 14.6 Å². The number of methoxy groups -OCH3 is 1. The highest BCUT2D eigenvalue weighted by atomic mass is 16.5. The van der Waals surface area contributed by atoms with Gasteiger partial charge in [0.05, 0.1) is 24.7 Å². The van der Waals surface area contributed by atoms with Gasteiger partial charge in [-0.2, -0.15) is 5.10 Å². The Morgan fingerprint density at radius 3 is 2.71 bits per heavy atom. The minimum Gasteiger partial charge on any atom is -0.495 e. The van der Waals surface area contributed by atoms with Gasteiger partial charge in [0, 0.05) is 12.7 Å². The van der Waals surface area contributed by atoms with E-state index < -0.39 is 6.03 Å². The summed E-state index contributed by atoms with van der Waals surface area (Å²) in [5.41, 5.74) is 5.03. The zero-order chi connectivity index (χ0) is 15.2. The predicted molar refractivity (Wildman–Crippen MR) is 82.9 cm³/mol. The van der Waals surface area contributed by atoms with E-state index in [0.29, 0.717) is 11.4 Å². The first-order chi connectivity index (χ1) is 10.1. The van der Waals surface area contributed by atoms with E-state index in [1.807, 2.05) is 42.8 Å². The van der Waals surface area contributed by atoms with Crippen molar-refractivity contribution in [3.05, 3.63) is 47.8 Å². The Hall–Kier alpha value is -2.76. The highest BCUT2D eigenvalue weighted by molar-refractivity contribution is 5.91. The van der Waals surface area contributed by atoms with Gasteiger partial charge >= 0.3 is 6.03 Å². The summed E-state index contributed by atoms with van der Waals surface area (Å²) in [6.07, 6.45) is 1.59. The fraction of sp³-hybridized carbons (Fsp3) is 0.200. The molecule has 0 spiro atoms. The fourth-order valence-corrected chi connectivity index (χ4v) is 1.82. The Morgan fingerprint density at radius 1 is 1.29 bits per heavy atom. The van der Waals surface area contributed by atoms with Crippen LogP contribution in [0, 0.1) is 6.92 Å². The summed E-state index contributed by atoms with van der Waals surface area (Å²) in [4.78, 5) is 11.8. The van der Waals surface area contributed by atoms with Crippen LogP contribution in [0.4, 0.5) is 10.5 Å². The zero-order valence-electron chi connectivity index (χ0n) is 12.3. The number of carbonyl (C=O) groups excluding carboxylic acids is 1. The maximum Gasteiger partial charge on any atom is 0.339 e. The highest BCUT2D eigenvalue weighted by Gasteiger charge is 2.05. The van der Waals surface area contributed by atoms with Crippen LogP contribution in [0.1, 0.15) is 11.4 Å². The van der Waals surface area contributed by atoms with Crippen LogP contribution in [-0.2, 0) is 7.05 Å². The van der Waals surface area contributed by atoms with Crippen molar-refractivity contribution >= 4 is 17.9 Å². The number of nitrogens with one attached hydrogen (secondary N) is 2. The number of hydrazone groups is 1. The zero-order valence-corrected chi connectivity index (χ0v) is 12.3. The summed E-state index contributed by atoms with van der Waals surface area (Å²) in [5, 5.41) is 6.59. The van der Waals surface area contributed by atoms with Gasteiger partial charge in [-0.25, -0.2) is 10.2 Å². The number of aryl methyl sites for hydroxylation is 1. The second kappa shape index (κ2) is 6.60. The molecule has 0 atom stereocenters. The molecule has 0 saturated heterocycles. The number of para-hydroxylation sites is 2. The number of anilines is 1. The number of benzene rings is 1. The molecule has 0 aliphatic carbocycles. The van der Waals surface area contributed by atoms with E-state index in [2.05, 4.69) is 15.8 Å². The topological polar surface area (TPSA) is 67.7 Å². The van der Waals surface area contributed by atoms with Crippen molar-refractivity contribution in [2.75, 3.05) is 12.4 Å². The third kappa shape index (κ3) is 3.62. The molecule has 2 aromatic rings. The van der Waals surface area contributed by atoms with Crippen molar-refractivity contribution in [2.45, 2.75) is 6.92 Å². The van der Waals surface area contributed by atoms with Crippen LogP contribution in [0.3, 0.4) is 0 Å². The lowest BCUT2D eigenvalue weighted by atomic mass is 10.3. The van der Waals surface area contributed by atoms with Crippen LogP contribution in [0.25, 0.3) is 0 Å². The van der Waals surface area contributed by atoms with Crippen molar-refractivity contribution in [2.24, 2.45) is 12.1 Å². The Morgan fingerprint density at radius 2 is 2.05 bits per heavy atom. The summed E-state index contributed by atoms with van der Waals surface area (Å²) < 4.78 is 7.13. The van der Waals surface area contributed by atoms with Crippen molar-refractivity contribution in [3.63, 3.8) is 0 Å². The summed E-state index contributed by atoms with van der Waals surface area (Å²) in [7, 11) is 3.49. The lowest BCUT2D eigenvalue weighted by molar-refractivity contribution is 0.252. The molecule has 0 aliphatic heterocycles. The molecule has 2 amide bonds. The van der Waals surface area contributed by atoms with Gasteiger partial charge in [0.25, 0.3) is 0 Å². The number of hydrogen-bond donors (Lipinski definition) is 2. The molecule has 0 aliphatic rings. The van der Waals surface area contributed by atoms with Gasteiger partial charge in [0.15, 0.2) is 0 Å². The second-order valence-corrected chi connectivity index (χ2v) is 4.48. The van der Waals surface area contributed by atoms with E-state index in [-0.39, 0.29) is 0 Å². The second-order valence-electron chi connectivity index (χ2n) is 4.48. The maximum absolute atomic E-state index is 11.8. The molecule has 1 aromatic carbocycles. The highest BCUT2D eigenvalue weighted by Crippen LogP contribution is 2.22. The fourth-order valence-electron chi connectivity index (χ4n) is 1.82. The average molecular weight is 286 g/mol. The Kier molecular flexibility index (Phi) is 4.61. The van der Waals surface area contributed by atoms with Crippen LogP contribution >= 0.6 is 0 Å². The number of hydrogen-bond acceptors (Lipinski definition) is 3. The standard InChI is InChI=1S/C15H18N4O2/c1-11-8-9-12(19(11)2)10-16-18-15(20)17-13-6-4-5-7-14(13)21-3/h4-10H,1-3H3,(H2,17,18,20)/b16-10-. The van der Waals surface area contributed by atoms with E-state index in [0.717, 1.165) is 11.4 Å². The van der Waals surface area contributed by atoms with Gasteiger partial charge in [0.1, 0.15) is 5.75 Å². The van der Waals surface area contributed by atoms with Gasteiger partial charge in [0.2, 0.25) is 0 Å². The number of urea groups is 1. The van der Waals surface area contributed by atoms with E-state index >= 15 is 0 Å². The van der Waals surface area contributed by atoms with Crippen molar-refractivity contribution in [1.29, 1.82) is 0 Å². The summed E-state index contributed by atoms with van der Waals surface area (Å²) in [6, 6.07) is 10.6. The monoisotopic (exact) mass is 286 g/mol. The SMILES string of the molecule is COc1ccccc1NC(=O)N/N=C\c1ccc(C)n1C. The minimum atomic E-state index is -0.429. The molecule has 6 nitrogen and oxygen atoms in total. The molecule has 0 fully saturated rings. The molecule has 0 bridgehead atoms. The number of carbonyl (C=O) groups is 1. The Bertz CT molecular complexity index is 661. The third-order valence-corrected chi connectivity index (χ3v) is 3.13. The lowest BCUT2D eigenvalue weighted by Crippen LogP contribution is -2.24. The number of ether oxygens (including phenoxy) is 1. The summed E-state index contributed by atoms with van der Waals surface area (Å²) in [5.74, 6) is 0.592. The minimum absolute atomic E-state index is 0.429. The molecule has 21 heavy (non-hydrogen) atoms.